The van der Waals surface area contributed by atoms with Gasteiger partial charge in [-0.05, 0) is 6.08 Å². The Hall–Kier alpha value is -1.62. The molecule has 1 aromatic rings. The molecule has 0 aliphatic heterocycles. The Bertz CT molecular complexity index is 344. The molecule has 14 heavy (non-hydrogen) atoms. The van der Waals surface area contributed by atoms with E-state index >= 15 is 0 Å². The maximum absolute atomic E-state index is 11.0. The van der Waals surface area contributed by atoms with E-state index in [2.05, 4.69) is 16.4 Å². The normalized spacial score (nSPS) is 9.86. The molecule has 1 rings (SSSR count). The summed E-state index contributed by atoms with van der Waals surface area (Å²) in [5.74, 6) is -0.388. The summed E-state index contributed by atoms with van der Waals surface area (Å²) in [7, 11) is 1.31. The molecule has 0 unspecified atom stereocenters. The molecule has 0 aliphatic carbocycles. The van der Waals surface area contributed by atoms with E-state index in [4.69, 9.17) is 5.11 Å². The highest BCUT2D eigenvalue weighted by atomic mass is 16.5. The highest BCUT2D eigenvalue weighted by molar-refractivity contribution is 5.69. The largest absolute Gasteiger partial charge is 0.468 e. The molecule has 0 atom stereocenters. The van der Waals surface area contributed by atoms with Crippen molar-refractivity contribution in [2.24, 2.45) is 0 Å². The maximum Gasteiger partial charge on any atom is 0.327 e. The maximum atomic E-state index is 11.0. The van der Waals surface area contributed by atoms with Crippen LogP contribution in [0.4, 0.5) is 0 Å². The van der Waals surface area contributed by atoms with Gasteiger partial charge < -0.3 is 9.84 Å². The van der Waals surface area contributed by atoms with Gasteiger partial charge in [-0.15, -0.1) is 0 Å². The Kier molecular flexibility index (Phi) is 3.41. The second kappa shape index (κ2) is 4.57. The molecular weight excluding hydrogens is 184 g/mol. The molecule has 1 N–H and O–H groups in total. The van der Waals surface area contributed by atoms with E-state index in [0.29, 0.717) is 11.3 Å². The number of hydrogen-bond donors (Lipinski definition) is 1. The molecular formula is C9H12N2O3. The number of rotatable bonds is 4. The number of ether oxygens (including phenoxy) is 1. The van der Waals surface area contributed by atoms with Gasteiger partial charge in [0.05, 0.1) is 25.6 Å². The molecule has 0 radical (unpaired) electrons. The Morgan fingerprint density at radius 1 is 1.86 bits per heavy atom. The third kappa shape index (κ3) is 2.00. The summed E-state index contributed by atoms with van der Waals surface area (Å²) in [4.78, 5) is 11.0. The monoisotopic (exact) mass is 196 g/mol. The Balaban J connectivity index is 2.91. The average molecular weight is 196 g/mol. The number of methoxy groups -OCH3 is 1. The number of esters is 1. The molecule has 5 heteroatoms. The Labute approximate surface area is 81.6 Å². The summed E-state index contributed by atoms with van der Waals surface area (Å²) < 4.78 is 5.93. The lowest BCUT2D eigenvalue weighted by molar-refractivity contribution is -0.141. The number of carbonyl (C=O) groups excluding carboxylic acids is 1. The first-order chi connectivity index (χ1) is 6.72. The number of hydrogen-bond acceptors (Lipinski definition) is 4. The predicted octanol–water partition coefficient (Wildman–Crippen LogP) is 0.191. The van der Waals surface area contributed by atoms with Gasteiger partial charge in [-0.3, -0.25) is 9.48 Å². The van der Waals surface area contributed by atoms with Crippen molar-refractivity contribution in [2.75, 3.05) is 7.11 Å². The summed E-state index contributed by atoms with van der Waals surface area (Å²) >= 11 is 0. The van der Waals surface area contributed by atoms with Gasteiger partial charge in [0.2, 0.25) is 0 Å². The highest BCUT2D eigenvalue weighted by Crippen LogP contribution is 2.09. The molecule has 0 bridgehead atoms. The van der Waals surface area contributed by atoms with Crippen LogP contribution in [-0.4, -0.2) is 28.0 Å². The van der Waals surface area contributed by atoms with Crippen molar-refractivity contribution in [1.29, 1.82) is 0 Å². The first-order valence-electron chi connectivity index (χ1n) is 4.07. The van der Waals surface area contributed by atoms with Gasteiger partial charge in [0, 0.05) is 5.56 Å². The highest BCUT2D eigenvalue weighted by Gasteiger charge is 2.10. The molecule has 5 nitrogen and oxygen atoms in total. The number of aromatic nitrogens is 2. The van der Waals surface area contributed by atoms with Crippen molar-refractivity contribution in [1.82, 2.24) is 9.78 Å². The summed E-state index contributed by atoms with van der Waals surface area (Å²) in [6, 6.07) is 0. The lowest BCUT2D eigenvalue weighted by Gasteiger charge is -2.03. The molecule has 1 heterocycles. The third-order valence-corrected chi connectivity index (χ3v) is 1.83. The van der Waals surface area contributed by atoms with E-state index in [1.165, 1.54) is 18.0 Å². The van der Waals surface area contributed by atoms with Gasteiger partial charge in [-0.1, -0.05) is 6.58 Å². The molecule has 76 valence electrons. The van der Waals surface area contributed by atoms with Crippen molar-refractivity contribution in [3.8, 4) is 0 Å². The molecule has 0 aromatic carbocycles. The van der Waals surface area contributed by atoms with Crippen LogP contribution < -0.4 is 0 Å². The molecule has 0 amide bonds. The van der Waals surface area contributed by atoms with Crippen LogP contribution in [0.2, 0.25) is 0 Å². The van der Waals surface area contributed by atoms with E-state index < -0.39 is 0 Å². The van der Waals surface area contributed by atoms with Crippen molar-refractivity contribution >= 4 is 12.0 Å². The zero-order valence-corrected chi connectivity index (χ0v) is 7.93. The van der Waals surface area contributed by atoms with Crippen LogP contribution in [0.25, 0.3) is 6.08 Å². The molecule has 1 aromatic heterocycles. The molecule has 0 saturated heterocycles. The van der Waals surface area contributed by atoms with Crippen molar-refractivity contribution in [3.63, 3.8) is 0 Å². The first-order valence-corrected chi connectivity index (χ1v) is 4.07. The van der Waals surface area contributed by atoms with Crippen LogP contribution in [0.15, 0.2) is 12.8 Å². The van der Waals surface area contributed by atoms with Crippen LogP contribution in [0.1, 0.15) is 11.3 Å². The van der Waals surface area contributed by atoms with Gasteiger partial charge in [0.1, 0.15) is 6.54 Å². The molecule has 0 spiro atoms. The minimum Gasteiger partial charge on any atom is -0.468 e. The second-order valence-corrected chi connectivity index (χ2v) is 2.65. The van der Waals surface area contributed by atoms with E-state index in [-0.39, 0.29) is 19.1 Å². The SMILES string of the molecule is C=Cc1c(CO)cnn1CC(=O)OC. The Morgan fingerprint density at radius 3 is 3.07 bits per heavy atom. The number of aliphatic hydroxyl groups is 1. The van der Waals surface area contributed by atoms with Gasteiger partial charge in [-0.2, -0.15) is 5.10 Å². The number of nitrogens with zero attached hydrogens (tertiary/aromatic N) is 2. The second-order valence-electron chi connectivity index (χ2n) is 2.65. The minimum absolute atomic E-state index is 0.0256. The quantitative estimate of drug-likeness (QED) is 0.698. The summed E-state index contributed by atoms with van der Waals surface area (Å²) in [6.45, 7) is 3.48. The van der Waals surface area contributed by atoms with E-state index in [1.54, 1.807) is 6.08 Å². The third-order valence-electron chi connectivity index (χ3n) is 1.83. The molecule has 0 fully saturated rings. The number of carbonyl (C=O) groups is 1. The van der Waals surface area contributed by atoms with Crippen LogP contribution in [0.5, 0.6) is 0 Å². The predicted molar refractivity (Wildman–Crippen MR) is 50.3 cm³/mol. The van der Waals surface area contributed by atoms with Crippen LogP contribution in [0.3, 0.4) is 0 Å². The van der Waals surface area contributed by atoms with Gasteiger partial charge in [0.25, 0.3) is 0 Å². The average Bonchev–Trinajstić information content (AvgIpc) is 2.59. The van der Waals surface area contributed by atoms with Crippen molar-refractivity contribution < 1.29 is 14.6 Å². The number of aliphatic hydroxyl groups excluding tert-OH is 1. The first kappa shape index (κ1) is 10.5. The zero-order chi connectivity index (χ0) is 10.6. The fraction of sp³-hybridized carbons (Fsp3) is 0.333. The summed E-state index contributed by atoms with van der Waals surface area (Å²) in [5.41, 5.74) is 1.28. The lowest BCUT2D eigenvalue weighted by Crippen LogP contribution is -2.14. The van der Waals surface area contributed by atoms with E-state index in [0.717, 1.165) is 0 Å². The minimum atomic E-state index is -0.388. The van der Waals surface area contributed by atoms with Crippen molar-refractivity contribution in [2.45, 2.75) is 13.2 Å². The standard InChI is InChI=1S/C9H12N2O3/c1-3-8-7(6-12)4-10-11(8)5-9(13)14-2/h3-4,12H,1,5-6H2,2H3. The van der Waals surface area contributed by atoms with Crippen molar-refractivity contribution in [3.05, 3.63) is 24.0 Å². The smallest absolute Gasteiger partial charge is 0.327 e. The lowest BCUT2D eigenvalue weighted by atomic mass is 10.2. The van der Waals surface area contributed by atoms with E-state index in [9.17, 15) is 4.79 Å². The molecule has 0 aliphatic rings. The topological polar surface area (TPSA) is 64.4 Å². The van der Waals surface area contributed by atoms with Crippen LogP contribution >= 0.6 is 0 Å². The Morgan fingerprint density at radius 2 is 2.57 bits per heavy atom. The zero-order valence-electron chi connectivity index (χ0n) is 7.93. The van der Waals surface area contributed by atoms with E-state index in [1.807, 2.05) is 0 Å². The summed E-state index contributed by atoms with van der Waals surface area (Å²) in [5, 5.41) is 12.9. The fourth-order valence-electron chi connectivity index (χ4n) is 1.10. The van der Waals surface area contributed by atoms with Gasteiger partial charge in [-0.25, -0.2) is 0 Å². The van der Waals surface area contributed by atoms with Gasteiger partial charge >= 0.3 is 5.97 Å². The van der Waals surface area contributed by atoms with Crippen LogP contribution in [0, 0.1) is 0 Å². The van der Waals surface area contributed by atoms with Gasteiger partial charge in [0.15, 0.2) is 0 Å². The fourth-order valence-corrected chi connectivity index (χ4v) is 1.10. The molecule has 0 saturated carbocycles. The summed E-state index contributed by atoms with van der Waals surface area (Å²) in [6.07, 6.45) is 3.04. The van der Waals surface area contributed by atoms with Crippen LogP contribution in [-0.2, 0) is 22.7 Å².